The summed E-state index contributed by atoms with van der Waals surface area (Å²) in [5.41, 5.74) is 0.692. The van der Waals surface area contributed by atoms with Gasteiger partial charge in [-0.3, -0.25) is 0 Å². The number of hydrogen-bond donors (Lipinski definition) is 1. The molecule has 0 aromatic heterocycles. The second-order valence-electron chi connectivity index (χ2n) is 7.54. The Bertz CT molecular complexity index is 602. The number of ether oxygens (including phenoxy) is 1. The van der Waals surface area contributed by atoms with Crippen LogP contribution in [0.15, 0.2) is 12.1 Å². The predicted molar refractivity (Wildman–Crippen MR) is 79.8 cm³/mol. The number of hydrogen-bond acceptors (Lipinski definition) is 2. The van der Waals surface area contributed by atoms with E-state index >= 15 is 0 Å². The second-order valence-corrected chi connectivity index (χ2v) is 7.54. The molecule has 4 aliphatic carbocycles. The summed E-state index contributed by atoms with van der Waals surface area (Å²) in [6.45, 7) is 0. The van der Waals surface area contributed by atoms with Crippen molar-refractivity contribution in [2.75, 3.05) is 7.11 Å². The van der Waals surface area contributed by atoms with Crippen LogP contribution in [-0.4, -0.2) is 18.2 Å². The minimum atomic E-state index is -1.20. The number of halogens is 1. The normalized spacial score (nSPS) is 35.6. The highest BCUT2D eigenvalue weighted by molar-refractivity contribution is 5.88. The molecule has 3 nitrogen and oxygen atoms in total. The van der Waals surface area contributed by atoms with Gasteiger partial charge >= 0.3 is 5.97 Å². The third-order valence-electron chi connectivity index (χ3n) is 6.13. The van der Waals surface area contributed by atoms with E-state index in [-0.39, 0.29) is 11.0 Å². The Morgan fingerprint density at radius 2 is 1.73 bits per heavy atom. The van der Waals surface area contributed by atoms with Crippen LogP contribution < -0.4 is 4.74 Å². The summed E-state index contributed by atoms with van der Waals surface area (Å²) in [4.78, 5) is 11.3. The third kappa shape index (κ3) is 1.96. The molecule has 0 radical (unpaired) electrons. The van der Waals surface area contributed by atoms with E-state index < -0.39 is 11.8 Å². The van der Waals surface area contributed by atoms with E-state index in [1.807, 2.05) is 0 Å². The first-order valence-electron chi connectivity index (χ1n) is 8.12. The van der Waals surface area contributed by atoms with Gasteiger partial charge in [0.05, 0.1) is 12.7 Å². The van der Waals surface area contributed by atoms with Crippen LogP contribution in [0.2, 0.25) is 0 Å². The smallest absolute Gasteiger partial charge is 0.338 e. The summed E-state index contributed by atoms with van der Waals surface area (Å²) < 4.78 is 19.4. The summed E-state index contributed by atoms with van der Waals surface area (Å²) in [7, 11) is 1.54. The molecule has 0 spiro atoms. The van der Waals surface area contributed by atoms with Crippen LogP contribution in [0.3, 0.4) is 0 Å². The van der Waals surface area contributed by atoms with Crippen molar-refractivity contribution in [2.24, 2.45) is 17.8 Å². The molecule has 0 saturated heterocycles. The largest absolute Gasteiger partial charge is 0.496 e. The van der Waals surface area contributed by atoms with Gasteiger partial charge in [-0.25, -0.2) is 9.18 Å². The van der Waals surface area contributed by atoms with Crippen LogP contribution >= 0.6 is 0 Å². The number of aromatic carboxylic acids is 1. The highest BCUT2D eigenvalue weighted by atomic mass is 19.1. The number of methoxy groups -OCH3 is 1. The van der Waals surface area contributed by atoms with Gasteiger partial charge in [0, 0.05) is 11.6 Å². The monoisotopic (exact) mass is 304 g/mol. The quantitative estimate of drug-likeness (QED) is 0.918. The Balaban J connectivity index is 1.84. The number of carboxylic acid groups (broad SMARTS) is 1. The van der Waals surface area contributed by atoms with Gasteiger partial charge in [0.15, 0.2) is 0 Å². The summed E-state index contributed by atoms with van der Waals surface area (Å²) >= 11 is 0. The number of carboxylic acids is 1. The Morgan fingerprint density at radius 3 is 2.18 bits per heavy atom. The first kappa shape index (κ1) is 14.0. The van der Waals surface area contributed by atoms with Gasteiger partial charge in [-0.2, -0.15) is 0 Å². The molecule has 4 heteroatoms. The predicted octanol–water partition coefficient (Wildman–Crippen LogP) is 4.00. The van der Waals surface area contributed by atoms with E-state index in [0.717, 1.165) is 42.6 Å². The van der Waals surface area contributed by atoms with Gasteiger partial charge in [-0.15, -0.1) is 0 Å². The molecule has 5 rings (SSSR count). The summed E-state index contributed by atoms with van der Waals surface area (Å²) in [6, 6.07) is 2.81. The van der Waals surface area contributed by atoms with Crippen molar-refractivity contribution in [3.05, 3.63) is 29.1 Å². The van der Waals surface area contributed by atoms with Crippen LogP contribution in [0, 0.1) is 23.6 Å². The van der Waals surface area contributed by atoms with Gasteiger partial charge in [-0.1, -0.05) is 0 Å². The van der Waals surface area contributed by atoms with Gasteiger partial charge in [-0.05, 0) is 67.8 Å². The fraction of sp³-hybridized carbons (Fsp3) is 0.611. The minimum absolute atomic E-state index is 0.00199. The van der Waals surface area contributed by atoms with Gasteiger partial charge < -0.3 is 9.84 Å². The molecule has 0 amide bonds. The molecule has 0 atom stereocenters. The molecule has 0 heterocycles. The number of benzene rings is 1. The zero-order valence-electron chi connectivity index (χ0n) is 12.8. The van der Waals surface area contributed by atoms with Gasteiger partial charge in [0.25, 0.3) is 0 Å². The van der Waals surface area contributed by atoms with Crippen molar-refractivity contribution in [3.8, 4) is 5.75 Å². The van der Waals surface area contributed by atoms with Crippen molar-refractivity contribution in [1.29, 1.82) is 0 Å². The zero-order valence-corrected chi connectivity index (χ0v) is 12.8. The summed E-state index contributed by atoms with van der Waals surface area (Å²) in [5.74, 6) is 0.839. The topological polar surface area (TPSA) is 46.5 Å². The zero-order chi connectivity index (χ0) is 15.5. The molecule has 1 N–H and O–H groups in total. The standard InChI is InChI=1S/C18H21FO3/c1-22-16-6-15(19)13(17(20)21)5-14(16)18-7-10-2-11(8-18)4-12(3-10)9-18/h5-6,10-12H,2-4,7-9H2,1H3,(H,20,21). The Kier molecular flexibility index (Phi) is 3.00. The molecule has 22 heavy (non-hydrogen) atoms. The lowest BCUT2D eigenvalue weighted by atomic mass is 9.48. The van der Waals surface area contributed by atoms with E-state index in [9.17, 15) is 14.3 Å². The van der Waals surface area contributed by atoms with Crippen molar-refractivity contribution in [1.82, 2.24) is 0 Å². The molecule has 4 saturated carbocycles. The van der Waals surface area contributed by atoms with E-state index in [1.165, 1.54) is 25.3 Å². The molecule has 0 aliphatic heterocycles. The summed E-state index contributed by atoms with van der Waals surface area (Å²) in [6.07, 6.45) is 7.23. The number of rotatable bonds is 3. The lowest BCUT2D eigenvalue weighted by molar-refractivity contribution is -0.00622. The third-order valence-corrected chi connectivity index (χ3v) is 6.13. The maximum atomic E-state index is 14.0. The SMILES string of the molecule is COc1cc(F)c(C(=O)O)cc1C12CC3CC(CC(C3)C1)C2. The fourth-order valence-electron chi connectivity index (χ4n) is 5.74. The van der Waals surface area contributed by atoms with E-state index in [0.29, 0.717) is 5.75 Å². The Hall–Kier alpha value is -1.58. The average molecular weight is 304 g/mol. The van der Waals surface area contributed by atoms with Crippen molar-refractivity contribution >= 4 is 5.97 Å². The molecule has 1 aromatic carbocycles. The maximum Gasteiger partial charge on any atom is 0.338 e. The summed E-state index contributed by atoms with van der Waals surface area (Å²) in [5, 5.41) is 9.25. The van der Waals surface area contributed by atoms with Crippen molar-refractivity contribution in [3.63, 3.8) is 0 Å². The molecular weight excluding hydrogens is 283 g/mol. The Morgan fingerprint density at radius 1 is 1.18 bits per heavy atom. The van der Waals surface area contributed by atoms with Gasteiger partial charge in [0.1, 0.15) is 11.6 Å². The highest BCUT2D eigenvalue weighted by Crippen LogP contribution is 2.62. The fourth-order valence-corrected chi connectivity index (χ4v) is 5.74. The highest BCUT2D eigenvalue weighted by Gasteiger charge is 2.52. The second kappa shape index (κ2) is 4.71. The molecule has 4 bridgehead atoms. The maximum absolute atomic E-state index is 14.0. The van der Waals surface area contributed by atoms with Crippen molar-refractivity contribution in [2.45, 2.75) is 43.9 Å². The van der Waals surface area contributed by atoms with E-state index in [2.05, 4.69) is 0 Å². The van der Waals surface area contributed by atoms with Crippen LogP contribution in [0.5, 0.6) is 5.75 Å². The van der Waals surface area contributed by atoms with Crippen LogP contribution in [0.4, 0.5) is 4.39 Å². The number of carbonyl (C=O) groups is 1. The van der Waals surface area contributed by atoms with E-state index in [4.69, 9.17) is 4.74 Å². The van der Waals surface area contributed by atoms with Crippen molar-refractivity contribution < 1.29 is 19.0 Å². The average Bonchev–Trinajstić information content (AvgIpc) is 2.44. The van der Waals surface area contributed by atoms with Crippen LogP contribution in [-0.2, 0) is 5.41 Å². The molecular formula is C18H21FO3. The van der Waals surface area contributed by atoms with E-state index in [1.54, 1.807) is 13.2 Å². The molecule has 4 aliphatic rings. The van der Waals surface area contributed by atoms with Crippen LogP contribution in [0.1, 0.15) is 54.4 Å². The van der Waals surface area contributed by atoms with Gasteiger partial charge in [0.2, 0.25) is 0 Å². The molecule has 118 valence electrons. The Labute approximate surface area is 129 Å². The molecule has 0 unspecified atom stereocenters. The van der Waals surface area contributed by atoms with Crippen LogP contribution in [0.25, 0.3) is 0 Å². The minimum Gasteiger partial charge on any atom is -0.496 e. The first-order valence-corrected chi connectivity index (χ1v) is 8.12. The lowest BCUT2D eigenvalue weighted by Crippen LogP contribution is -2.48. The lowest BCUT2D eigenvalue weighted by Gasteiger charge is -2.57. The molecule has 1 aromatic rings. The molecule has 4 fully saturated rings. The first-order chi connectivity index (χ1) is 10.5.